The fraction of sp³-hybridized carbons (Fsp3) is 0.263. The van der Waals surface area contributed by atoms with E-state index in [9.17, 15) is 19.2 Å². The Labute approximate surface area is 149 Å². The van der Waals surface area contributed by atoms with Crippen molar-refractivity contribution >= 4 is 23.9 Å². The Morgan fingerprint density at radius 1 is 0.846 bits per heavy atom. The van der Waals surface area contributed by atoms with Gasteiger partial charge in [-0.25, -0.2) is 19.2 Å². The molecule has 0 aromatic carbocycles. The van der Waals surface area contributed by atoms with Gasteiger partial charge in [-0.3, -0.25) is 0 Å². The summed E-state index contributed by atoms with van der Waals surface area (Å²) in [5.41, 5.74) is 1.50. The van der Waals surface area contributed by atoms with E-state index < -0.39 is 23.9 Å². The molecule has 3 aliphatic rings. The number of rotatable bonds is 4. The van der Waals surface area contributed by atoms with Gasteiger partial charge in [0.1, 0.15) is 0 Å². The van der Waals surface area contributed by atoms with Crippen LogP contribution < -0.4 is 0 Å². The van der Waals surface area contributed by atoms with Gasteiger partial charge in [0.15, 0.2) is 0 Å². The second-order valence-corrected chi connectivity index (χ2v) is 5.68. The van der Waals surface area contributed by atoms with Gasteiger partial charge in [-0.1, -0.05) is 0 Å². The Balaban J connectivity index is 2.17. The first-order valence-electron chi connectivity index (χ1n) is 8.14. The van der Waals surface area contributed by atoms with Gasteiger partial charge >= 0.3 is 23.9 Å². The molecule has 26 heavy (non-hydrogen) atoms. The Hall–Kier alpha value is -3.22. The number of allylic oxidation sites excluding steroid dienone is 4. The molecule has 0 amide bonds. The SMILES string of the molecule is CCOC(=O)C1=CC2=CC3=C(C=C(C=C1C(=O)OCC)C2)C(=O)OC3=O. The standard InChI is InChI=1S/C19H16O7/c1-3-24-16(20)12-6-10-5-11(7-13(12)17(21)25-4-2)9-15-14(8-10)18(22)26-19(15)23/h6-9H,3-5H2,1-2H3. The number of carbonyl (C=O) groups is 4. The van der Waals surface area contributed by atoms with Crippen molar-refractivity contribution in [3.63, 3.8) is 0 Å². The van der Waals surface area contributed by atoms with Gasteiger partial charge in [0.2, 0.25) is 0 Å². The van der Waals surface area contributed by atoms with Gasteiger partial charge in [-0.15, -0.1) is 0 Å². The molecule has 0 spiro atoms. The first-order chi connectivity index (χ1) is 12.4. The second kappa shape index (κ2) is 6.95. The molecule has 0 saturated heterocycles. The van der Waals surface area contributed by atoms with E-state index in [2.05, 4.69) is 4.74 Å². The van der Waals surface area contributed by atoms with Crippen LogP contribution in [0.1, 0.15) is 20.3 Å². The zero-order chi connectivity index (χ0) is 18.8. The quantitative estimate of drug-likeness (QED) is 0.429. The number of cyclic esters (lactones) is 2. The van der Waals surface area contributed by atoms with Crippen molar-refractivity contribution < 1.29 is 33.4 Å². The summed E-state index contributed by atoms with van der Waals surface area (Å²) in [7, 11) is 0. The smallest absolute Gasteiger partial charge is 0.346 e. The molecule has 0 radical (unpaired) electrons. The predicted molar refractivity (Wildman–Crippen MR) is 88.3 cm³/mol. The molecule has 7 heteroatoms. The van der Waals surface area contributed by atoms with Crippen molar-refractivity contribution in [3.05, 3.63) is 57.7 Å². The van der Waals surface area contributed by atoms with Crippen LogP contribution in [0.4, 0.5) is 0 Å². The van der Waals surface area contributed by atoms with E-state index in [1.165, 1.54) is 24.3 Å². The molecule has 7 nitrogen and oxygen atoms in total. The third kappa shape index (κ3) is 3.15. The van der Waals surface area contributed by atoms with E-state index in [-0.39, 0.29) is 35.5 Å². The van der Waals surface area contributed by atoms with Gasteiger partial charge in [-0.2, -0.15) is 0 Å². The Morgan fingerprint density at radius 3 is 1.65 bits per heavy atom. The molecule has 1 heterocycles. The number of hydrogen-bond acceptors (Lipinski definition) is 7. The number of esters is 4. The van der Waals surface area contributed by atoms with Crippen LogP contribution in [0.15, 0.2) is 57.7 Å². The van der Waals surface area contributed by atoms with Crippen LogP contribution in [0.2, 0.25) is 0 Å². The first kappa shape index (κ1) is 17.6. The summed E-state index contributed by atoms with van der Waals surface area (Å²) < 4.78 is 14.7. The summed E-state index contributed by atoms with van der Waals surface area (Å²) in [5.74, 6) is -2.81. The monoisotopic (exact) mass is 356 g/mol. The van der Waals surface area contributed by atoms with Gasteiger partial charge in [0, 0.05) is 0 Å². The predicted octanol–water partition coefficient (Wildman–Crippen LogP) is 1.62. The molecule has 2 aliphatic carbocycles. The highest BCUT2D eigenvalue weighted by Crippen LogP contribution is 2.34. The largest absolute Gasteiger partial charge is 0.462 e. The maximum atomic E-state index is 12.3. The molecular weight excluding hydrogens is 340 g/mol. The lowest BCUT2D eigenvalue weighted by Crippen LogP contribution is -2.17. The molecule has 2 bridgehead atoms. The first-order valence-corrected chi connectivity index (χ1v) is 8.14. The lowest BCUT2D eigenvalue weighted by Gasteiger charge is -2.10. The fourth-order valence-electron chi connectivity index (χ4n) is 2.86. The minimum Gasteiger partial charge on any atom is -0.462 e. The van der Waals surface area contributed by atoms with Crippen molar-refractivity contribution in [2.24, 2.45) is 0 Å². The number of ether oxygens (including phenoxy) is 3. The molecule has 0 aromatic heterocycles. The summed E-state index contributed by atoms with van der Waals surface area (Å²) in [6, 6.07) is 0. The summed E-state index contributed by atoms with van der Waals surface area (Å²) >= 11 is 0. The second-order valence-electron chi connectivity index (χ2n) is 5.68. The summed E-state index contributed by atoms with van der Waals surface area (Å²) in [5, 5.41) is 0. The van der Waals surface area contributed by atoms with E-state index >= 15 is 0 Å². The molecular formula is C19H16O7. The van der Waals surface area contributed by atoms with Crippen molar-refractivity contribution in [1.29, 1.82) is 0 Å². The fourth-order valence-corrected chi connectivity index (χ4v) is 2.86. The molecule has 0 N–H and O–H groups in total. The van der Waals surface area contributed by atoms with Crippen molar-refractivity contribution in [1.82, 2.24) is 0 Å². The number of hydrogen-bond donors (Lipinski definition) is 0. The van der Waals surface area contributed by atoms with Crippen LogP contribution in [0, 0.1) is 0 Å². The minimum atomic E-state index is -0.735. The number of carbonyl (C=O) groups excluding carboxylic acids is 4. The highest BCUT2D eigenvalue weighted by atomic mass is 16.6. The van der Waals surface area contributed by atoms with E-state index in [4.69, 9.17) is 9.47 Å². The normalized spacial score (nSPS) is 18.5. The van der Waals surface area contributed by atoms with Crippen molar-refractivity contribution in [2.45, 2.75) is 20.3 Å². The zero-order valence-corrected chi connectivity index (χ0v) is 14.3. The Morgan fingerprint density at radius 2 is 1.27 bits per heavy atom. The average Bonchev–Trinajstić information content (AvgIpc) is 2.77. The van der Waals surface area contributed by atoms with Crippen LogP contribution in [0.5, 0.6) is 0 Å². The highest BCUT2D eigenvalue weighted by Gasteiger charge is 2.34. The Bertz CT molecular complexity index is 808. The highest BCUT2D eigenvalue weighted by molar-refractivity contribution is 6.16. The van der Waals surface area contributed by atoms with Crippen LogP contribution in [-0.2, 0) is 33.4 Å². The number of fused-ring (bicyclic) bond motifs is 2. The van der Waals surface area contributed by atoms with Gasteiger partial charge in [0.05, 0.1) is 35.5 Å². The van der Waals surface area contributed by atoms with Gasteiger partial charge in [0.25, 0.3) is 0 Å². The molecule has 0 fully saturated rings. The lowest BCUT2D eigenvalue weighted by atomic mass is 10.0. The van der Waals surface area contributed by atoms with E-state index in [0.717, 1.165) is 0 Å². The molecule has 0 aromatic rings. The third-order valence-corrected chi connectivity index (χ3v) is 3.92. The Kier molecular flexibility index (Phi) is 4.71. The molecule has 0 unspecified atom stereocenters. The summed E-state index contributed by atoms with van der Waals surface area (Å²) in [6.45, 7) is 3.60. The lowest BCUT2D eigenvalue weighted by molar-refractivity contribution is -0.151. The van der Waals surface area contributed by atoms with Crippen LogP contribution in [-0.4, -0.2) is 37.1 Å². The average molecular weight is 356 g/mol. The van der Waals surface area contributed by atoms with E-state index in [0.29, 0.717) is 17.6 Å². The van der Waals surface area contributed by atoms with Crippen LogP contribution in [0.3, 0.4) is 0 Å². The molecule has 0 atom stereocenters. The summed E-state index contributed by atoms with van der Waals surface area (Å²) in [6.07, 6.45) is 6.28. The molecule has 3 rings (SSSR count). The molecule has 0 saturated carbocycles. The van der Waals surface area contributed by atoms with Gasteiger partial charge in [-0.05, 0) is 55.7 Å². The topological polar surface area (TPSA) is 96.0 Å². The molecule has 1 aliphatic heterocycles. The summed E-state index contributed by atoms with van der Waals surface area (Å²) in [4.78, 5) is 48.4. The van der Waals surface area contributed by atoms with E-state index in [1.807, 2.05) is 0 Å². The maximum Gasteiger partial charge on any atom is 0.346 e. The third-order valence-electron chi connectivity index (χ3n) is 3.92. The van der Waals surface area contributed by atoms with Crippen LogP contribution >= 0.6 is 0 Å². The zero-order valence-electron chi connectivity index (χ0n) is 14.3. The van der Waals surface area contributed by atoms with Crippen molar-refractivity contribution in [2.75, 3.05) is 13.2 Å². The van der Waals surface area contributed by atoms with Crippen molar-refractivity contribution in [3.8, 4) is 0 Å². The van der Waals surface area contributed by atoms with E-state index in [1.54, 1.807) is 13.8 Å². The maximum absolute atomic E-state index is 12.3. The minimum absolute atomic E-state index is 0.0432. The van der Waals surface area contributed by atoms with Gasteiger partial charge < -0.3 is 14.2 Å². The van der Waals surface area contributed by atoms with Crippen LogP contribution in [0.25, 0.3) is 0 Å². The molecule has 134 valence electrons.